The molecule has 0 rings (SSSR count). The summed E-state index contributed by atoms with van der Waals surface area (Å²) in [6.45, 7) is 6.38. The summed E-state index contributed by atoms with van der Waals surface area (Å²) >= 11 is 0. The Morgan fingerprint density at radius 3 is 1.52 bits per heavy atom. The minimum absolute atomic E-state index is 0.0694. The van der Waals surface area contributed by atoms with Gasteiger partial charge in [-0.05, 0) is 26.8 Å². The first-order chi connectivity index (χ1) is 12.4. The van der Waals surface area contributed by atoms with Crippen molar-refractivity contribution in [3.63, 3.8) is 0 Å². The number of nitrogens with one attached hydrogen (secondary N) is 1. The number of likely N-dealkylation sites (N-methyl/N-ethyl adjacent to an activating group) is 1. The highest BCUT2D eigenvalue weighted by atomic mass is 16.4. The Kier molecular flexibility index (Phi) is 16.5. The lowest BCUT2D eigenvalue weighted by Gasteiger charge is -2.27. The number of carbonyl (C=O) groups is 2. The van der Waals surface area contributed by atoms with Gasteiger partial charge in [0.25, 0.3) is 0 Å². The molecule has 0 saturated carbocycles. The van der Waals surface area contributed by atoms with Crippen LogP contribution in [0.15, 0.2) is 0 Å². The molecule has 0 heterocycles. The van der Waals surface area contributed by atoms with Gasteiger partial charge in [0.15, 0.2) is 0 Å². The third-order valence-electron chi connectivity index (χ3n) is 4.21. The van der Waals surface area contributed by atoms with Gasteiger partial charge in [-0.3, -0.25) is 0 Å². The molecule has 0 aromatic heterocycles. The summed E-state index contributed by atoms with van der Waals surface area (Å²) in [6.07, 6.45) is 13.0. The van der Waals surface area contributed by atoms with Gasteiger partial charge >= 0.3 is 0 Å². The second-order valence-corrected chi connectivity index (χ2v) is 8.84. The number of nitrogens with zero attached hydrogens (tertiary/aromatic N) is 1. The van der Waals surface area contributed by atoms with Crippen LogP contribution in [0.1, 0.15) is 85.0 Å². The van der Waals surface area contributed by atoms with Crippen molar-refractivity contribution in [1.29, 1.82) is 0 Å². The van der Waals surface area contributed by atoms with E-state index < -0.39 is 17.5 Å². The molecule has 0 aliphatic heterocycles. The van der Waals surface area contributed by atoms with E-state index in [4.69, 9.17) is 0 Å². The van der Waals surface area contributed by atoms with Crippen molar-refractivity contribution in [1.82, 2.24) is 5.32 Å². The van der Waals surface area contributed by atoms with Crippen molar-refractivity contribution in [3.05, 3.63) is 0 Å². The summed E-state index contributed by atoms with van der Waals surface area (Å²) in [5, 5.41) is 23.7. The molecule has 0 spiro atoms. The number of aliphatic carboxylic acids is 2. The molecule has 0 saturated heterocycles. The van der Waals surface area contributed by atoms with E-state index in [2.05, 4.69) is 12.2 Å². The quantitative estimate of drug-likeness (QED) is 0.339. The summed E-state index contributed by atoms with van der Waals surface area (Å²) in [4.78, 5) is 20.6. The molecule has 27 heavy (non-hydrogen) atoms. The van der Waals surface area contributed by atoms with Crippen LogP contribution >= 0.6 is 0 Å². The van der Waals surface area contributed by atoms with Crippen LogP contribution in [0.25, 0.3) is 0 Å². The molecule has 162 valence electrons. The number of hydrogen-bond acceptors (Lipinski definition) is 5. The lowest BCUT2D eigenvalue weighted by molar-refractivity contribution is -0.864. The molecule has 1 N–H and O–H groups in total. The van der Waals surface area contributed by atoms with Crippen LogP contribution < -0.4 is 15.5 Å². The van der Waals surface area contributed by atoms with E-state index in [9.17, 15) is 19.8 Å². The Morgan fingerprint density at radius 1 is 0.815 bits per heavy atom. The molecule has 0 aliphatic carbocycles. The van der Waals surface area contributed by atoms with E-state index in [-0.39, 0.29) is 6.54 Å². The third-order valence-corrected chi connectivity index (χ3v) is 4.21. The Bertz CT molecular complexity index is 390. The highest BCUT2D eigenvalue weighted by Crippen LogP contribution is 2.10. The van der Waals surface area contributed by atoms with Crippen LogP contribution in [-0.4, -0.2) is 56.2 Å². The van der Waals surface area contributed by atoms with E-state index in [1.165, 1.54) is 57.8 Å². The van der Waals surface area contributed by atoms with Crippen molar-refractivity contribution < 1.29 is 24.3 Å². The van der Waals surface area contributed by atoms with Gasteiger partial charge in [0, 0.05) is 0 Å². The maximum atomic E-state index is 10.8. The highest BCUT2D eigenvalue weighted by molar-refractivity contribution is 5.75. The van der Waals surface area contributed by atoms with E-state index >= 15 is 0 Å². The zero-order chi connectivity index (χ0) is 21.3. The van der Waals surface area contributed by atoms with Gasteiger partial charge in [-0.25, -0.2) is 0 Å². The maximum absolute atomic E-state index is 10.8. The fourth-order valence-electron chi connectivity index (χ4n) is 2.47. The number of carboxylic acid groups (broad SMARTS) is 2. The largest absolute Gasteiger partial charge is 0.548 e. The first-order valence-corrected chi connectivity index (χ1v) is 10.4. The zero-order valence-electron chi connectivity index (χ0n) is 18.6. The topological polar surface area (TPSA) is 92.3 Å². The van der Waals surface area contributed by atoms with Gasteiger partial charge < -0.3 is 29.6 Å². The van der Waals surface area contributed by atoms with Crippen LogP contribution in [0.2, 0.25) is 0 Å². The minimum atomic E-state index is -1.03. The summed E-state index contributed by atoms with van der Waals surface area (Å²) in [5.74, 6) is -2.03. The molecule has 0 atom stereocenters. The molecule has 0 unspecified atom stereocenters. The molecule has 0 aromatic carbocycles. The van der Waals surface area contributed by atoms with E-state index in [1.807, 2.05) is 0 Å². The van der Waals surface area contributed by atoms with Crippen molar-refractivity contribution in [2.45, 2.75) is 90.5 Å². The lowest BCUT2D eigenvalue weighted by atomic mass is 10.0. The van der Waals surface area contributed by atoms with Crippen molar-refractivity contribution >= 4 is 11.9 Å². The average Bonchev–Trinajstić information content (AvgIpc) is 2.50. The summed E-state index contributed by atoms with van der Waals surface area (Å²) < 4.78 is 0.419. The number of carbonyl (C=O) groups excluding carboxylic acids is 2. The molecule has 0 aromatic rings. The van der Waals surface area contributed by atoms with Crippen LogP contribution in [0, 0.1) is 0 Å². The number of carboxylic acids is 2. The predicted molar refractivity (Wildman–Crippen MR) is 107 cm³/mol. The number of hydrogen-bond donors (Lipinski definition) is 1. The number of quaternary nitrogens is 1. The first-order valence-electron chi connectivity index (χ1n) is 10.4. The smallest absolute Gasteiger partial charge is 0.118 e. The normalized spacial score (nSPS) is 11.6. The molecule has 6 nitrogen and oxygen atoms in total. The van der Waals surface area contributed by atoms with Gasteiger partial charge in [-0.1, -0.05) is 64.7 Å². The number of unbranched alkanes of at least 4 members (excludes halogenated alkanes) is 9. The van der Waals surface area contributed by atoms with Gasteiger partial charge in [0.1, 0.15) is 6.54 Å². The average molecular weight is 388 g/mol. The SMILES string of the molecule is CCCCCCCCCCCCNC(C)(C)C(=O)[O-].C[N+](C)(C)CC(=O)[O-]. The summed E-state index contributed by atoms with van der Waals surface area (Å²) in [7, 11) is 5.40. The minimum Gasteiger partial charge on any atom is -0.548 e. The lowest BCUT2D eigenvalue weighted by Crippen LogP contribution is -2.54. The fourth-order valence-corrected chi connectivity index (χ4v) is 2.47. The van der Waals surface area contributed by atoms with Crippen LogP contribution in [0.3, 0.4) is 0 Å². The third kappa shape index (κ3) is 22.8. The van der Waals surface area contributed by atoms with E-state index in [0.29, 0.717) is 4.48 Å². The zero-order valence-corrected chi connectivity index (χ0v) is 18.6. The Hall–Kier alpha value is -1.14. The van der Waals surface area contributed by atoms with Crippen molar-refractivity contribution in [2.75, 3.05) is 34.2 Å². The van der Waals surface area contributed by atoms with Gasteiger partial charge in [-0.2, -0.15) is 0 Å². The molecule has 0 fully saturated rings. The maximum Gasteiger partial charge on any atom is 0.118 e. The summed E-state index contributed by atoms with van der Waals surface area (Å²) in [6, 6.07) is 0. The van der Waals surface area contributed by atoms with Gasteiger partial charge in [0.2, 0.25) is 0 Å². The Labute approximate surface area is 166 Å². The molecule has 0 amide bonds. The first kappa shape index (κ1) is 28.1. The van der Waals surface area contributed by atoms with Crippen molar-refractivity contribution in [3.8, 4) is 0 Å². The fraction of sp³-hybridized carbons (Fsp3) is 0.905. The van der Waals surface area contributed by atoms with E-state index in [0.717, 1.165) is 13.0 Å². The highest BCUT2D eigenvalue weighted by Gasteiger charge is 2.17. The predicted octanol–water partition coefficient (Wildman–Crippen LogP) is 1.47. The molecule has 0 radical (unpaired) electrons. The standard InChI is InChI=1S/C16H33NO2.C5H11NO2/c1-4-5-6-7-8-9-10-11-12-13-14-17-16(2,3)15(18)19;1-6(2,3)4-5(7)8/h17H,4-14H2,1-3H3,(H,18,19);4H2,1-3H3/p-1. The molecule has 0 bridgehead atoms. The Balaban J connectivity index is 0. The van der Waals surface area contributed by atoms with Crippen LogP contribution in [-0.2, 0) is 9.59 Å². The Morgan fingerprint density at radius 2 is 1.22 bits per heavy atom. The molecule has 0 aliphatic rings. The van der Waals surface area contributed by atoms with E-state index in [1.54, 1.807) is 35.0 Å². The number of rotatable bonds is 15. The molecular weight excluding hydrogens is 344 g/mol. The second-order valence-electron chi connectivity index (χ2n) is 8.84. The van der Waals surface area contributed by atoms with Crippen LogP contribution in [0.5, 0.6) is 0 Å². The van der Waals surface area contributed by atoms with Gasteiger partial charge in [0.05, 0.1) is 38.6 Å². The van der Waals surface area contributed by atoms with Crippen LogP contribution in [0.4, 0.5) is 0 Å². The monoisotopic (exact) mass is 387 g/mol. The summed E-state index contributed by atoms with van der Waals surface area (Å²) in [5.41, 5.74) is -0.903. The van der Waals surface area contributed by atoms with Gasteiger partial charge in [-0.15, -0.1) is 0 Å². The molecular formula is C21H43N2O4-. The second kappa shape index (κ2) is 15.9. The van der Waals surface area contributed by atoms with Crippen molar-refractivity contribution in [2.24, 2.45) is 0 Å². The molecule has 6 heteroatoms.